The third-order valence-electron chi connectivity index (χ3n) is 2.85. The number of sulfonamides is 1. The number of anilines is 1. The van der Waals surface area contributed by atoms with Gasteiger partial charge in [0.15, 0.2) is 5.13 Å². The van der Waals surface area contributed by atoms with Gasteiger partial charge in [-0.3, -0.25) is 4.72 Å². The van der Waals surface area contributed by atoms with Crippen molar-refractivity contribution in [3.8, 4) is 5.75 Å². The lowest BCUT2D eigenvalue weighted by molar-refractivity contribution is 0.287. The SMILES string of the molecule is O=S(=O)(Nc1nccs1)c1ccc2c(c1)OCCC2. The van der Waals surface area contributed by atoms with Gasteiger partial charge in [0.2, 0.25) is 0 Å². The molecular formula is C12H12N2O3S2. The topological polar surface area (TPSA) is 68.3 Å². The summed E-state index contributed by atoms with van der Waals surface area (Å²) in [6.07, 6.45) is 3.45. The van der Waals surface area contributed by atoms with Gasteiger partial charge in [-0.05, 0) is 24.5 Å². The molecule has 100 valence electrons. The fraction of sp³-hybridized carbons (Fsp3) is 0.250. The van der Waals surface area contributed by atoms with Crippen molar-refractivity contribution < 1.29 is 13.2 Å². The number of hydrogen-bond acceptors (Lipinski definition) is 5. The van der Waals surface area contributed by atoms with Gasteiger partial charge in [0.05, 0.1) is 11.5 Å². The van der Waals surface area contributed by atoms with E-state index in [0.29, 0.717) is 17.5 Å². The Morgan fingerprint density at radius 2 is 2.26 bits per heavy atom. The first-order chi connectivity index (χ1) is 9.15. The van der Waals surface area contributed by atoms with Gasteiger partial charge in [0.1, 0.15) is 5.75 Å². The Bertz CT molecular complexity index is 681. The Labute approximate surface area is 115 Å². The average molecular weight is 296 g/mol. The summed E-state index contributed by atoms with van der Waals surface area (Å²) >= 11 is 1.24. The molecule has 0 atom stereocenters. The zero-order valence-corrected chi connectivity index (χ0v) is 11.6. The van der Waals surface area contributed by atoms with E-state index in [2.05, 4.69) is 9.71 Å². The number of ether oxygens (including phenoxy) is 1. The number of aryl methyl sites for hydroxylation is 1. The minimum absolute atomic E-state index is 0.198. The van der Waals surface area contributed by atoms with E-state index >= 15 is 0 Å². The lowest BCUT2D eigenvalue weighted by atomic mass is 10.1. The molecule has 3 rings (SSSR count). The normalized spacial score (nSPS) is 14.5. The van der Waals surface area contributed by atoms with Crippen LogP contribution in [0.15, 0.2) is 34.7 Å². The third-order valence-corrected chi connectivity index (χ3v) is 5.01. The van der Waals surface area contributed by atoms with Crippen molar-refractivity contribution >= 4 is 26.5 Å². The number of benzene rings is 1. The number of nitrogens with zero attached hydrogens (tertiary/aromatic N) is 1. The maximum Gasteiger partial charge on any atom is 0.263 e. The quantitative estimate of drug-likeness (QED) is 0.943. The second-order valence-corrected chi connectivity index (χ2v) is 6.74. The molecule has 0 aliphatic carbocycles. The van der Waals surface area contributed by atoms with Crippen LogP contribution in [-0.2, 0) is 16.4 Å². The number of thiazole rings is 1. The third kappa shape index (κ3) is 2.57. The van der Waals surface area contributed by atoms with E-state index < -0.39 is 10.0 Å². The van der Waals surface area contributed by atoms with E-state index in [-0.39, 0.29) is 4.90 Å². The van der Waals surface area contributed by atoms with Crippen LogP contribution in [0, 0.1) is 0 Å². The van der Waals surface area contributed by atoms with Gasteiger partial charge in [0.25, 0.3) is 10.0 Å². The molecule has 5 nitrogen and oxygen atoms in total. The molecule has 0 saturated carbocycles. The van der Waals surface area contributed by atoms with Crippen molar-refractivity contribution in [1.29, 1.82) is 0 Å². The van der Waals surface area contributed by atoms with Crippen LogP contribution in [0.25, 0.3) is 0 Å². The van der Waals surface area contributed by atoms with Gasteiger partial charge in [-0.1, -0.05) is 6.07 Å². The van der Waals surface area contributed by atoms with Gasteiger partial charge in [0, 0.05) is 17.6 Å². The molecule has 1 aliphatic heterocycles. The van der Waals surface area contributed by atoms with Gasteiger partial charge in [-0.2, -0.15) is 0 Å². The van der Waals surface area contributed by atoms with Crippen molar-refractivity contribution in [2.75, 3.05) is 11.3 Å². The maximum atomic E-state index is 12.2. The van der Waals surface area contributed by atoms with Crippen LogP contribution in [0.3, 0.4) is 0 Å². The molecule has 0 saturated heterocycles. The molecule has 1 aliphatic rings. The molecule has 7 heteroatoms. The van der Waals surface area contributed by atoms with Crippen molar-refractivity contribution in [1.82, 2.24) is 4.98 Å². The number of rotatable bonds is 3. The molecule has 19 heavy (non-hydrogen) atoms. The Balaban J connectivity index is 1.93. The maximum absolute atomic E-state index is 12.2. The number of nitrogens with one attached hydrogen (secondary N) is 1. The second-order valence-electron chi connectivity index (χ2n) is 4.16. The Morgan fingerprint density at radius 3 is 3.05 bits per heavy atom. The van der Waals surface area contributed by atoms with Crippen LogP contribution in [0.4, 0.5) is 5.13 Å². The number of fused-ring (bicyclic) bond motifs is 1. The van der Waals surface area contributed by atoms with Crippen LogP contribution >= 0.6 is 11.3 Å². The lowest BCUT2D eigenvalue weighted by Crippen LogP contribution is -2.14. The molecule has 0 radical (unpaired) electrons. The molecule has 0 fully saturated rings. The smallest absolute Gasteiger partial charge is 0.263 e. The van der Waals surface area contributed by atoms with E-state index in [4.69, 9.17) is 4.74 Å². The van der Waals surface area contributed by atoms with E-state index in [0.717, 1.165) is 18.4 Å². The summed E-state index contributed by atoms with van der Waals surface area (Å²) in [7, 11) is -3.60. The Kier molecular flexibility index (Phi) is 3.16. The molecule has 1 aromatic carbocycles. The Hall–Kier alpha value is -1.60. The standard InChI is InChI=1S/C12H12N2O3S2/c15-19(16,14-12-13-5-7-18-12)10-4-3-9-2-1-6-17-11(9)8-10/h3-5,7-8H,1-2,6H2,(H,13,14). The second kappa shape index (κ2) is 4.82. The summed E-state index contributed by atoms with van der Waals surface area (Å²) < 4.78 is 32.3. The zero-order chi connectivity index (χ0) is 13.3. The fourth-order valence-corrected chi connectivity index (χ4v) is 3.74. The van der Waals surface area contributed by atoms with Crippen molar-refractivity contribution in [2.24, 2.45) is 0 Å². The molecule has 0 bridgehead atoms. The summed E-state index contributed by atoms with van der Waals surface area (Å²) in [5, 5.41) is 2.08. The van der Waals surface area contributed by atoms with Crippen LogP contribution < -0.4 is 9.46 Å². The summed E-state index contributed by atoms with van der Waals surface area (Å²) in [6, 6.07) is 4.98. The summed E-state index contributed by atoms with van der Waals surface area (Å²) in [5.41, 5.74) is 1.06. The highest BCUT2D eigenvalue weighted by Gasteiger charge is 2.19. The molecule has 0 amide bonds. The van der Waals surface area contributed by atoms with E-state index in [1.807, 2.05) is 6.07 Å². The molecule has 2 aromatic rings. The van der Waals surface area contributed by atoms with Crippen LogP contribution in [0.2, 0.25) is 0 Å². The van der Waals surface area contributed by atoms with E-state index in [1.54, 1.807) is 23.7 Å². The largest absolute Gasteiger partial charge is 0.493 e. The first-order valence-corrected chi connectivity index (χ1v) is 8.19. The number of hydrogen-bond donors (Lipinski definition) is 1. The minimum atomic E-state index is -3.60. The predicted molar refractivity (Wildman–Crippen MR) is 73.2 cm³/mol. The van der Waals surface area contributed by atoms with Gasteiger partial charge in [-0.15, -0.1) is 11.3 Å². The van der Waals surface area contributed by atoms with Crippen molar-refractivity contribution in [2.45, 2.75) is 17.7 Å². The molecule has 2 heterocycles. The van der Waals surface area contributed by atoms with E-state index in [9.17, 15) is 8.42 Å². The summed E-state index contributed by atoms with van der Waals surface area (Å²) in [4.78, 5) is 4.11. The Morgan fingerprint density at radius 1 is 1.37 bits per heavy atom. The van der Waals surface area contributed by atoms with Gasteiger partial charge in [-0.25, -0.2) is 13.4 Å². The minimum Gasteiger partial charge on any atom is -0.493 e. The highest BCUT2D eigenvalue weighted by molar-refractivity contribution is 7.93. The first kappa shape index (κ1) is 12.4. The summed E-state index contributed by atoms with van der Waals surface area (Å²) in [5.74, 6) is 0.660. The molecule has 0 unspecified atom stereocenters. The predicted octanol–water partition coefficient (Wildman–Crippen LogP) is 2.27. The van der Waals surface area contributed by atoms with Crippen molar-refractivity contribution in [3.05, 3.63) is 35.3 Å². The van der Waals surface area contributed by atoms with Crippen LogP contribution in [0.1, 0.15) is 12.0 Å². The lowest BCUT2D eigenvalue weighted by Gasteiger charge is -2.17. The molecule has 1 aromatic heterocycles. The number of aromatic nitrogens is 1. The van der Waals surface area contributed by atoms with Crippen LogP contribution in [-0.4, -0.2) is 20.0 Å². The first-order valence-electron chi connectivity index (χ1n) is 5.83. The van der Waals surface area contributed by atoms with Gasteiger partial charge >= 0.3 is 0 Å². The monoisotopic (exact) mass is 296 g/mol. The summed E-state index contributed by atoms with van der Waals surface area (Å²) in [6.45, 7) is 0.635. The average Bonchev–Trinajstić information content (AvgIpc) is 2.90. The molecular weight excluding hydrogens is 284 g/mol. The van der Waals surface area contributed by atoms with E-state index in [1.165, 1.54) is 11.3 Å². The fourth-order valence-electron chi connectivity index (χ4n) is 1.94. The highest BCUT2D eigenvalue weighted by atomic mass is 32.2. The molecule has 1 N–H and O–H groups in total. The van der Waals surface area contributed by atoms with Crippen LogP contribution in [0.5, 0.6) is 5.75 Å². The highest BCUT2D eigenvalue weighted by Crippen LogP contribution is 2.28. The zero-order valence-electron chi connectivity index (χ0n) is 10.00. The molecule has 0 spiro atoms. The van der Waals surface area contributed by atoms with Crippen molar-refractivity contribution in [3.63, 3.8) is 0 Å². The van der Waals surface area contributed by atoms with Gasteiger partial charge < -0.3 is 4.74 Å².